The van der Waals surface area contributed by atoms with Crippen LogP contribution in [0.5, 0.6) is 17.2 Å². The molecular weight excluding hydrogens is 374 g/mol. The van der Waals surface area contributed by atoms with Crippen molar-refractivity contribution in [1.82, 2.24) is 0 Å². The lowest BCUT2D eigenvalue weighted by molar-refractivity contribution is -0.142. The Balaban J connectivity index is 1.93. The third kappa shape index (κ3) is 5.18. The Morgan fingerprint density at radius 3 is 2.07 bits per heavy atom. The first-order chi connectivity index (χ1) is 13.4. The van der Waals surface area contributed by atoms with E-state index in [1.54, 1.807) is 12.1 Å². The van der Waals surface area contributed by atoms with Gasteiger partial charge in [-0.2, -0.15) is 0 Å². The number of ketones is 1. The molecule has 0 spiro atoms. The highest BCUT2D eigenvalue weighted by Gasteiger charge is 2.15. The zero-order chi connectivity index (χ0) is 20.7. The Hall–Kier alpha value is -3.16. The van der Waals surface area contributed by atoms with E-state index in [1.165, 1.54) is 21.3 Å². The minimum Gasteiger partial charge on any atom is -0.493 e. The van der Waals surface area contributed by atoms with Crippen LogP contribution in [0, 0.1) is 11.6 Å². The van der Waals surface area contributed by atoms with Gasteiger partial charge in [0.15, 0.2) is 35.5 Å². The number of carbonyl (C=O) groups is 2. The van der Waals surface area contributed by atoms with Crippen molar-refractivity contribution in [2.24, 2.45) is 0 Å². The van der Waals surface area contributed by atoms with E-state index in [1.807, 2.05) is 0 Å². The topological polar surface area (TPSA) is 71.1 Å². The molecule has 0 aliphatic heterocycles. The molecule has 0 unspecified atom stereocenters. The van der Waals surface area contributed by atoms with Gasteiger partial charge in [0, 0.05) is 12.0 Å². The fourth-order valence-electron chi connectivity index (χ4n) is 2.50. The van der Waals surface area contributed by atoms with Gasteiger partial charge in [0.05, 0.1) is 21.3 Å². The molecule has 0 radical (unpaired) electrons. The summed E-state index contributed by atoms with van der Waals surface area (Å²) in [4.78, 5) is 23.8. The van der Waals surface area contributed by atoms with Crippen LogP contribution in [0.25, 0.3) is 0 Å². The monoisotopic (exact) mass is 394 g/mol. The Bertz CT molecular complexity index is 841. The number of hydrogen-bond acceptors (Lipinski definition) is 6. The third-order valence-electron chi connectivity index (χ3n) is 3.95. The van der Waals surface area contributed by atoms with Gasteiger partial charge < -0.3 is 18.9 Å². The van der Waals surface area contributed by atoms with Gasteiger partial charge in [-0.3, -0.25) is 9.59 Å². The molecule has 150 valence electrons. The zero-order valence-corrected chi connectivity index (χ0v) is 15.7. The number of rotatable bonds is 9. The molecule has 0 amide bonds. The van der Waals surface area contributed by atoms with Crippen LogP contribution in [0.1, 0.15) is 22.3 Å². The molecule has 0 bridgehead atoms. The molecule has 0 aromatic heterocycles. The van der Waals surface area contributed by atoms with Gasteiger partial charge >= 0.3 is 5.97 Å². The van der Waals surface area contributed by atoms with Crippen molar-refractivity contribution in [3.63, 3.8) is 0 Å². The lowest BCUT2D eigenvalue weighted by Crippen LogP contribution is -2.15. The number of hydrogen-bond donors (Lipinski definition) is 0. The number of carbonyl (C=O) groups excluding carboxylic acids is 2. The minimum atomic E-state index is -1.14. The average Bonchev–Trinajstić information content (AvgIpc) is 2.71. The molecule has 0 aliphatic rings. The van der Waals surface area contributed by atoms with Gasteiger partial charge in [-0.1, -0.05) is 0 Å². The smallest absolute Gasteiger partial charge is 0.306 e. The normalized spacial score (nSPS) is 10.3. The molecule has 2 aromatic rings. The first-order valence-electron chi connectivity index (χ1n) is 8.32. The van der Waals surface area contributed by atoms with Crippen molar-refractivity contribution in [2.75, 3.05) is 27.9 Å². The molecule has 0 saturated heterocycles. The standard InChI is InChI=1S/C20H20F2O6/c1-25-17-8-12(9-18(26-2)20(17)27-3)4-7-19(24)28-11-16(23)13-5-6-14(21)15(22)10-13/h5-6,8-10H,4,7,11H2,1-3H3. The molecule has 2 aromatic carbocycles. The van der Waals surface area contributed by atoms with E-state index in [9.17, 15) is 18.4 Å². The summed E-state index contributed by atoms with van der Waals surface area (Å²) < 4.78 is 46.7. The first kappa shape index (κ1) is 21.1. The molecule has 0 heterocycles. The van der Waals surface area contributed by atoms with Crippen LogP contribution in [0.2, 0.25) is 0 Å². The van der Waals surface area contributed by atoms with Gasteiger partial charge in [-0.25, -0.2) is 8.78 Å². The molecule has 0 N–H and O–H groups in total. The highest BCUT2D eigenvalue weighted by atomic mass is 19.2. The maximum atomic E-state index is 13.2. The molecule has 0 saturated carbocycles. The van der Waals surface area contributed by atoms with E-state index in [2.05, 4.69) is 0 Å². The first-order valence-corrected chi connectivity index (χ1v) is 8.32. The van der Waals surface area contributed by atoms with E-state index in [-0.39, 0.29) is 12.0 Å². The fraction of sp³-hybridized carbons (Fsp3) is 0.300. The largest absolute Gasteiger partial charge is 0.493 e. The number of esters is 1. The maximum Gasteiger partial charge on any atom is 0.306 e. The van der Waals surface area contributed by atoms with E-state index < -0.39 is 30.0 Å². The molecule has 0 aliphatic carbocycles. The van der Waals surface area contributed by atoms with Gasteiger partial charge in [0.25, 0.3) is 0 Å². The summed E-state index contributed by atoms with van der Waals surface area (Å²) in [6.07, 6.45) is 0.318. The van der Waals surface area contributed by atoms with Gasteiger partial charge in [0.2, 0.25) is 5.75 Å². The van der Waals surface area contributed by atoms with Crippen LogP contribution in [0.15, 0.2) is 30.3 Å². The van der Waals surface area contributed by atoms with E-state index >= 15 is 0 Å². The highest BCUT2D eigenvalue weighted by molar-refractivity contribution is 5.97. The molecule has 0 atom stereocenters. The number of Topliss-reactive ketones (excluding diaryl/α,β-unsaturated/α-hetero) is 1. The van der Waals surface area contributed by atoms with Crippen LogP contribution >= 0.6 is 0 Å². The van der Waals surface area contributed by atoms with Crippen molar-refractivity contribution in [2.45, 2.75) is 12.8 Å². The Morgan fingerprint density at radius 2 is 1.54 bits per heavy atom. The predicted octanol–water partition coefficient (Wildman–Crippen LogP) is 3.35. The second-order valence-corrected chi connectivity index (χ2v) is 5.75. The summed E-state index contributed by atoms with van der Waals surface area (Å²) in [5, 5.41) is 0. The van der Waals surface area contributed by atoms with E-state index in [4.69, 9.17) is 18.9 Å². The Labute approximate surface area is 161 Å². The minimum absolute atomic E-state index is 0.00367. The maximum absolute atomic E-state index is 13.2. The summed E-state index contributed by atoms with van der Waals surface area (Å²) >= 11 is 0. The van der Waals surface area contributed by atoms with Crippen LogP contribution < -0.4 is 14.2 Å². The van der Waals surface area contributed by atoms with Crippen LogP contribution in [0.4, 0.5) is 8.78 Å². The van der Waals surface area contributed by atoms with Crippen molar-refractivity contribution < 1.29 is 37.3 Å². The van der Waals surface area contributed by atoms with Crippen molar-refractivity contribution in [3.05, 3.63) is 53.1 Å². The van der Waals surface area contributed by atoms with Crippen molar-refractivity contribution in [3.8, 4) is 17.2 Å². The zero-order valence-electron chi connectivity index (χ0n) is 15.7. The van der Waals surface area contributed by atoms with Gasteiger partial charge in [-0.05, 0) is 42.3 Å². The molecule has 6 nitrogen and oxygen atoms in total. The fourth-order valence-corrected chi connectivity index (χ4v) is 2.50. The second-order valence-electron chi connectivity index (χ2n) is 5.75. The molecule has 28 heavy (non-hydrogen) atoms. The number of benzene rings is 2. The lowest BCUT2D eigenvalue weighted by Gasteiger charge is -2.14. The van der Waals surface area contributed by atoms with Crippen molar-refractivity contribution >= 4 is 11.8 Å². The predicted molar refractivity (Wildman–Crippen MR) is 96.1 cm³/mol. The van der Waals surface area contributed by atoms with Crippen molar-refractivity contribution in [1.29, 1.82) is 0 Å². The van der Waals surface area contributed by atoms with E-state index in [0.29, 0.717) is 23.7 Å². The Morgan fingerprint density at radius 1 is 0.893 bits per heavy atom. The second kappa shape index (κ2) is 9.68. The Kier molecular flexibility index (Phi) is 7.31. The number of methoxy groups -OCH3 is 3. The number of halogens is 2. The summed E-state index contributed by atoms with van der Waals surface area (Å²) in [5.41, 5.74) is 0.676. The number of ether oxygens (including phenoxy) is 4. The summed E-state index contributed by atoms with van der Waals surface area (Å²) in [6, 6.07) is 6.16. The van der Waals surface area contributed by atoms with E-state index in [0.717, 1.165) is 23.8 Å². The molecule has 2 rings (SSSR count). The lowest BCUT2D eigenvalue weighted by atomic mass is 10.1. The highest BCUT2D eigenvalue weighted by Crippen LogP contribution is 2.38. The SMILES string of the molecule is COc1cc(CCC(=O)OCC(=O)c2ccc(F)c(F)c2)cc(OC)c1OC. The molecule has 0 fully saturated rings. The van der Waals surface area contributed by atoms with Gasteiger partial charge in [-0.15, -0.1) is 0 Å². The summed E-state index contributed by atoms with van der Waals surface area (Å²) in [5.74, 6) is -2.07. The summed E-state index contributed by atoms with van der Waals surface area (Å²) in [6.45, 7) is -0.556. The summed E-state index contributed by atoms with van der Waals surface area (Å²) in [7, 11) is 4.46. The molecule has 8 heteroatoms. The van der Waals surface area contributed by atoms with Crippen LogP contribution in [-0.2, 0) is 16.0 Å². The quantitative estimate of drug-likeness (QED) is 0.480. The molecular formula is C20H20F2O6. The van der Waals surface area contributed by atoms with Gasteiger partial charge in [0.1, 0.15) is 0 Å². The van der Waals surface area contributed by atoms with Crippen LogP contribution in [-0.4, -0.2) is 39.7 Å². The average molecular weight is 394 g/mol. The third-order valence-corrected chi connectivity index (χ3v) is 3.95. The van der Waals surface area contributed by atoms with Crippen LogP contribution in [0.3, 0.4) is 0 Å². The number of aryl methyl sites for hydroxylation is 1.